The first-order valence-corrected chi connectivity index (χ1v) is 6.05. The van der Waals surface area contributed by atoms with E-state index in [9.17, 15) is 4.79 Å². The number of hydrogen-bond acceptors (Lipinski definition) is 4. The van der Waals surface area contributed by atoms with Crippen LogP contribution in [0.15, 0.2) is 17.5 Å². The van der Waals surface area contributed by atoms with Crippen LogP contribution in [0.3, 0.4) is 0 Å². The number of rotatable bonds is 7. The fourth-order valence-electron chi connectivity index (χ4n) is 1.36. The summed E-state index contributed by atoms with van der Waals surface area (Å²) in [5.74, 6) is 0.171. The molecule has 0 aliphatic heterocycles. The van der Waals surface area contributed by atoms with Gasteiger partial charge in [0.2, 0.25) is 0 Å². The number of carbonyl (C=O) groups is 1. The third-order valence-corrected chi connectivity index (χ3v) is 3.15. The van der Waals surface area contributed by atoms with Gasteiger partial charge in [0.25, 0.3) is 0 Å². The molecule has 0 aliphatic rings. The number of aliphatic hydroxyl groups is 1. The topological polar surface area (TPSA) is 40.5 Å². The maximum atomic E-state index is 11.7. The maximum absolute atomic E-state index is 11.7. The van der Waals surface area contributed by atoms with Crippen LogP contribution in [0.25, 0.3) is 0 Å². The summed E-state index contributed by atoms with van der Waals surface area (Å²) >= 11 is 1.48. The van der Waals surface area contributed by atoms with Crippen LogP contribution >= 0.6 is 11.3 Å². The quantitative estimate of drug-likeness (QED) is 0.720. The predicted molar refractivity (Wildman–Crippen MR) is 62.5 cm³/mol. The van der Waals surface area contributed by atoms with Crippen molar-refractivity contribution in [2.24, 2.45) is 0 Å². The van der Waals surface area contributed by atoms with Gasteiger partial charge in [-0.1, -0.05) is 13.0 Å². The summed E-state index contributed by atoms with van der Waals surface area (Å²) in [7, 11) is 0. The lowest BCUT2D eigenvalue weighted by Crippen LogP contribution is -2.30. The van der Waals surface area contributed by atoms with E-state index in [2.05, 4.69) is 4.90 Å². The molecule has 84 valence electrons. The molecule has 1 heterocycles. The Bertz CT molecular complexity index is 285. The number of carbonyl (C=O) groups excluding carboxylic acids is 1. The van der Waals surface area contributed by atoms with Gasteiger partial charge in [-0.3, -0.25) is 9.69 Å². The zero-order valence-corrected chi connectivity index (χ0v) is 9.80. The van der Waals surface area contributed by atoms with Crippen LogP contribution in [0.1, 0.15) is 23.0 Å². The molecule has 0 amide bonds. The van der Waals surface area contributed by atoms with Crippen LogP contribution in [-0.4, -0.2) is 42.0 Å². The minimum Gasteiger partial charge on any atom is -0.396 e. The molecule has 0 fully saturated rings. The smallest absolute Gasteiger partial charge is 0.186 e. The number of aliphatic hydroxyl groups excluding tert-OH is 1. The fraction of sp³-hybridized carbons (Fsp3) is 0.545. The monoisotopic (exact) mass is 227 g/mol. The van der Waals surface area contributed by atoms with Crippen molar-refractivity contribution >= 4 is 17.1 Å². The van der Waals surface area contributed by atoms with Crippen LogP contribution in [0.2, 0.25) is 0 Å². The van der Waals surface area contributed by atoms with Gasteiger partial charge < -0.3 is 5.11 Å². The van der Waals surface area contributed by atoms with Crippen LogP contribution in [0.5, 0.6) is 0 Å². The third-order valence-electron chi connectivity index (χ3n) is 2.24. The van der Waals surface area contributed by atoms with Gasteiger partial charge in [0.15, 0.2) is 5.78 Å². The molecular formula is C11H17NO2S. The molecule has 0 radical (unpaired) electrons. The van der Waals surface area contributed by atoms with E-state index >= 15 is 0 Å². The average molecular weight is 227 g/mol. The van der Waals surface area contributed by atoms with E-state index in [1.165, 1.54) is 11.3 Å². The highest BCUT2D eigenvalue weighted by Gasteiger charge is 2.11. The Balaban J connectivity index is 2.41. The minimum absolute atomic E-state index is 0.171. The summed E-state index contributed by atoms with van der Waals surface area (Å²) in [4.78, 5) is 14.6. The lowest BCUT2D eigenvalue weighted by Gasteiger charge is -2.18. The number of likely N-dealkylation sites (N-methyl/N-ethyl adjacent to an activating group) is 1. The van der Waals surface area contributed by atoms with E-state index in [0.717, 1.165) is 24.4 Å². The lowest BCUT2D eigenvalue weighted by molar-refractivity contribution is 0.0932. The Morgan fingerprint density at radius 3 is 2.93 bits per heavy atom. The Morgan fingerprint density at radius 2 is 2.40 bits per heavy atom. The van der Waals surface area contributed by atoms with Gasteiger partial charge in [0.1, 0.15) is 0 Å². The second-order valence-electron chi connectivity index (χ2n) is 3.35. The van der Waals surface area contributed by atoms with Gasteiger partial charge in [-0.25, -0.2) is 0 Å². The second kappa shape index (κ2) is 6.71. The van der Waals surface area contributed by atoms with Crippen LogP contribution in [0.4, 0.5) is 0 Å². The summed E-state index contributed by atoms with van der Waals surface area (Å²) in [6.07, 6.45) is 0.728. The van der Waals surface area contributed by atoms with Gasteiger partial charge in [-0.2, -0.15) is 0 Å². The van der Waals surface area contributed by atoms with Gasteiger partial charge in [0, 0.05) is 13.2 Å². The zero-order chi connectivity index (χ0) is 11.1. The Labute approximate surface area is 94.3 Å². The summed E-state index contributed by atoms with van der Waals surface area (Å²) in [5.41, 5.74) is 0. The predicted octanol–water partition coefficient (Wildman–Crippen LogP) is 1.64. The largest absolute Gasteiger partial charge is 0.396 e. The Kier molecular flexibility index (Phi) is 5.53. The Hall–Kier alpha value is -0.710. The van der Waals surface area contributed by atoms with Crippen molar-refractivity contribution < 1.29 is 9.90 Å². The molecule has 0 bridgehead atoms. The molecule has 1 rings (SSSR count). The van der Waals surface area contributed by atoms with Crippen LogP contribution in [-0.2, 0) is 0 Å². The van der Waals surface area contributed by atoms with E-state index in [4.69, 9.17) is 5.11 Å². The van der Waals surface area contributed by atoms with Gasteiger partial charge in [-0.15, -0.1) is 11.3 Å². The summed E-state index contributed by atoms with van der Waals surface area (Å²) in [6, 6.07) is 3.74. The Morgan fingerprint density at radius 1 is 1.60 bits per heavy atom. The van der Waals surface area contributed by atoms with Gasteiger partial charge in [0.05, 0.1) is 11.4 Å². The molecule has 1 aromatic heterocycles. The molecule has 1 aromatic rings. The molecule has 0 aliphatic carbocycles. The summed E-state index contributed by atoms with van der Waals surface area (Å²) in [6.45, 7) is 4.29. The van der Waals surface area contributed by atoms with E-state index < -0.39 is 0 Å². The third kappa shape index (κ3) is 4.11. The molecule has 3 nitrogen and oxygen atoms in total. The zero-order valence-electron chi connectivity index (χ0n) is 8.98. The molecule has 0 unspecified atom stereocenters. The van der Waals surface area contributed by atoms with Gasteiger partial charge in [-0.05, 0) is 24.4 Å². The number of hydrogen-bond donors (Lipinski definition) is 1. The minimum atomic E-state index is 0.171. The van der Waals surface area contributed by atoms with Crippen LogP contribution in [0, 0.1) is 0 Å². The average Bonchev–Trinajstić information content (AvgIpc) is 2.77. The van der Waals surface area contributed by atoms with Crippen LogP contribution < -0.4 is 0 Å². The van der Waals surface area contributed by atoms with E-state index in [1.807, 2.05) is 24.4 Å². The number of nitrogens with zero attached hydrogens (tertiary/aromatic N) is 1. The van der Waals surface area contributed by atoms with Gasteiger partial charge >= 0.3 is 0 Å². The molecule has 0 saturated carbocycles. The number of ketones is 1. The van der Waals surface area contributed by atoms with E-state index in [0.29, 0.717) is 6.54 Å². The second-order valence-corrected chi connectivity index (χ2v) is 4.29. The lowest BCUT2D eigenvalue weighted by atomic mass is 10.3. The molecule has 0 atom stereocenters. The first-order valence-electron chi connectivity index (χ1n) is 5.17. The molecule has 0 saturated heterocycles. The van der Waals surface area contributed by atoms with Crippen molar-refractivity contribution in [3.8, 4) is 0 Å². The fourth-order valence-corrected chi connectivity index (χ4v) is 2.02. The molecule has 0 aromatic carbocycles. The highest BCUT2D eigenvalue weighted by molar-refractivity contribution is 7.12. The molecule has 15 heavy (non-hydrogen) atoms. The standard InChI is InChI=1S/C11H17NO2S/c1-2-12(6-4-7-13)9-10(14)11-5-3-8-15-11/h3,5,8,13H,2,4,6-7,9H2,1H3. The highest BCUT2D eigenvalue weighted by atomic mass is 32.1. The van der Waals surface area contributed by atoms with Crippen molar-refractivity contribution in [3.05, 3.63) is 22.4 Å². The normalized spacial score (nSPS) is 10.9. The highest BCUT2D eigenvalue weighted by Crippen LogP contribution is 2.10. The maximum Gasteiger partial charge on any atom is 0.186 e. The van der Waals surface area contributed by atoms with Crippen molar-refractivity contribution in [1.29, 1.82) is 0 Å². The molecule has 0 spiro atoms. The molecule has 1 N–H and O–H groups in total. The SMILES string of the molecule is CCN(CCCO)CC(=O)c1cccs1. The number of thiophene rings is 1. The molecular weight excluding hydrogens is 210 g/mol. The summed E-state index contributed by atoms with van der Waals surface area (Å²) < 4.78 is 0. The van der Waals surface area contributed by atoms with E-state index in [-0.39, 0.29) is 12.4 Å². The first-order chi connectivity index (χ1) is 7.27. The van der Waals surface area contributed by atoms with Crippen molar-refractivity contribution in [2.45, 2.75) is 13.3 Å². The first kappa shape index (κ1) is 12.4. The summed E-state index contributed by atoms with van der Waals surface area (Å²) in [5, 5.41) is 10.6. The number of Topliss-reactive ketones (excluding diaryl/α,β-unsaturated/α-hetero) is 1. The van der Waals surface area contributed by atoms with Crippen molar-refractivity contribution in [1.82, 2.24) is 4.90 Å². The molecule has 4 heteroatoms. The van der Waals surface area contributed by atoms with Crippen molar-refractivity contribution in [3.63, 3.8) is 0 Å². The van der Waals surface area contributed by atoms with Crippen molar-refractivity contribution in [2.75, 3.05) is 26.2 Å². The van der Waals surface area contributed by atoms with E-state index in [1.54, 1.807) is 0 Å².